The molecule has 0 heterocycles. The van der Waals surface area contributed by atoms with Crippen LogP contribution in [0, 0.1) is 0 Å². The Morgan fingerprint density at radius 2 is 1.60 bits per heavy atom. The number of rotatable bonds is 3. The van der Waals surface area contributed by atoms with E-state index in [4.69, 9.17) is 7.85 Å². The van der Waals surface area contributed by atoms with E-state index in [-0.39, 0.29) is 10.9 Å². The molecular formula is C8H18BN. The molecule has 2 radical (unpaired) electrons. The molecule has 0 spiro atoms. The Morgan fingerprint density at radius 3 is 1.70 bits per heavy atom. The Kier molecular flexibility index (Phi) is 2.96. The highest BCUT2D eigenvalue weighted by atomic mass is 14.9. The number of hydrogen-bond donors (Lipinski definition) is 1. The molecule has 0 atom stereocenters. The molecule has 0 aliphatic rings. The van der Waals surface area contributed by atoms with Crippen LogP contribution in [0.5, 0.6) is 0 Å². The summed E-state index contributed by atoms with van der Waals surface area (Å²) in [6, 6.07) is 0. The van der Waals surface area contributed by atoms with Gasteiger partial charge in [0.05, 0.1) is 7.85 Å². The zero-order chi connectivity index (χ0) is 8.41. The van der Waals surface area contributed by atoms with Crippen molar-refractivity contribution >= 4 is 7.85 Å². The maximum atomic E-state index is 5.86. The molecule has 0 aromatic heterocycles. The molecule has 0 aliphatic heterocycles. The lowest BCUT2D eigenvalue weighted by molar-refractivity contribution is 0.350. The van der Waals surface area contributed by atoms with Crippen LogP contribution < -0.4 is 5.32 Å². The minimum absolute atomic E-state index is 0.0769. The van der Waals surface area contributed by atoms with Crippen LogP contribution in [0.3, 0.4) is 0 Å². The first-order valence-corrected chi connectivity index (χ1v) is 3.75. The van der Waals surface area contributed by atoms with Crippen LogP contribution in [0.4, 0.5) is 0 Å². The minimum atomic E-state index is -0.0769. The number of hydrogen-bond acceptors (Lipinski definition) is 1. The summed E-state index contributed by atoms with van der Waals surface area (Å²) >= 11 is 0. The maximum Gasteiger partial charge on any atom is 0.0739 e. The van der Waals surface area contributed by atoms with Crippen LogP contribution >= 0.6 is 0 Å². The zero-order valence-corrected chi connectivity index (χ0v) is 7.78. The molecule has 0 fully saturated rings. The third-order valence-corrected chi connectivity index (χ3v) is 1.57. The quantitative estimate of drug-likeness (QED) is 0.587. The third kappa shape index (κ3) is 4.86. The van der Waals surface area contributed by atoms with Gasteiger partial charge in [0.25, 0.3) is 0 Å². The van der Waals surface area contributed by atoms with E-state index in [2.05, 4.69) is 19.2 Å². The smallest absolute Gasteiger partial charge is 0.0739 e. The Morgan fingerprint density at radius 1 is 1.20 bits per heavy atom. The van der Waals surface area contributed by atoms with E-state index in [0.717, 1.165) is 6.42 Å². The van der Waals surface area contributed by atoms with Gasteiger partial charge < -0.3 is 5.32 Å². The summed E-state index contributed by atoms with van der Waals surface area (Å²) in [7, 11) is 7.82. The molecule has 0 saturated carbocycles. The minimum Gasteiger partial charge on any atom is -0.315 e. The van der Waals surface area contributed by atoms with Gasteiger partial charge in [0, 0.05) is 5.54 Å². The van der Waals surface area contributed by atoms with Crippen molar-refractivity contribution in [3.05, 3.63) is 0 Å². The van der Waals surface area contributed by atoms with Gasteiger partial charge in [-0.1, -0.05) is 19.2 Å². The Bertz CT molecular complexity index is 102. The molecule has 0 rings (SSSR count). The van der Waals surface area contributed by atoms with Crippen molar-refractivity contribution < 1.29 is 0 Å². The Hall–Kier alpha value is 0.0249. The van der Waals surface area contributed by atoms with Crippen molar-refractivity contribution in [3.8, 4) is 0 Å². The largest absolute Gasteiger partial charge is 0.315 e. The van der Waals surface area contributed by atoms with Gasteiger partial charge >= 0.3 is 0 Å². The highest BCUT2D eigenvalue weighted by Crippen LogP contribution is 2.30. The molecule has 0 aromatic rings. The van der Waals surface area contributed by atoms with Crippen molar-refractivity contribution in [2.75, 3.05) is 7.05 Å². The van der Waals surface area contributed by atoms with Gasteiger partial charge in [0.2, 0.25) is 0 Å². The highest BCUT2D eigenvalue weighted by molar-refractivity contribution is 6.14. The van der Waals surface area contributed by atoms with Crippen molar-refractivity contribution in [2.24, 2.45) is 0 Å². The summed E-state index contributed by atoms with van der Waals surface area (Å²) in [5.41, 5.74) is 0.151. The van der Waals surface area contributed by atoms with Crippen molar-refractivity contribution in [2.45, 2.75) is 45.0 Å². The summed E-state index contributed by atoms with van der Waals surface area (Å²) < 4.78 is 0. The van der Waals surface area contributed by atoms with Crippen molar-refractivity contribution in [1.29, 1.82) is 0 Å². The summed E-state index contributed by atoms with van der Waals surface area (Å²) in [6.07, 6.45) is 0.983. The molecule has 0 saturated heterocycles. The maximum absolute atomic E-state index is 5.86. The molecule has 0 aliphatic carbocycles. The predicted octanol–water partition coefficient (Wildman–Crippen LogP) is 1.74. The topological polar surface area (TPSA) is 12.0 Å². The first-order chi connectivity index (χ1) is 4.27. The zero-order valence-electron chi connectivity index (χ0n) is 7.78. The lowest BCUT2D eigenvalue weighted by Crippen LogP contribution is -2.38. The monoisotopic (exact) mass is 139 g/mol. The van der Waals surface area contributed by atoms with Gasteiger partial charge in [-0.3, -0.25) is 0 Å². The van der Waals surface area contributed by atoms with Gasteiger partial charge in [-0.25, -0.2) is 0 Å². The van der Waals surface area contributed by atoms with Crippen LogP contribution in [0.15, 0.2) is 0 Å². The SMILES string of the molecule is [B]C(C)(C)CC(C)(C)NC. The van der Waals surface area contributed by atoms with Gasteiger partial charge in [-0.05, 0) is 27.3 Å². The van der Waals surface area contributed by atoms with Gasteiger partial charge in [0.15, 0.2) is 0 Å². The molecule has 0 bridgehead atoms. The molecule has 10 heavy (non-hydrogen) atoms. The van der Waals surface area contributed by atoms with Crippen molar-refractivity contribution in [1.82, 2.24) is 5.32 Å². The van der Waals surface area contributed by atoms with Crippen LogP contribution in [0.1, 0.15) is 34.1 Å². The standard InChI is InChI=1S/C8H18BN/c1-7(2,9)6-8(3,4)10-5/h10H,6H2,1-5H3. The summed E-state index contributed by atoms with van der Waals surface area (Å²) in [5, 5.41) is 3.14. The van der Waals surface area contributed by atoms with E-state index in [9.17, 15) is 0 Å². The van der Waals surface area contributed by atoms with E-state index in [0.29, 0.717) is 0 Å². The Balaban J connectivity index is 3.89. The van der Waals surface area contributed by atoms with Gasteiger partial charge in [-0.2, -0.15) is 0 Å². The molecule has 58 valence electrons. The first kappa shape index (κ1) is 10.0. The highest BCUT2D eigenvalue weighted by Gasteiger charge is 2.22. The van der Waals surface area contributed by atoms with E-state index < -0.39 is 0 Å². The summed E-state index contributed by atoms with van der Waals surface area (Å²) in [6.45, 7) is 8.40. The van der Waals surface area contributed by atoms with E-state index >= 15 is 0 Å². The average Bonchev–Trinajstić information content (AvgIpc) is 1.60. The van der Waals surface area contributed by atoms with Crippen LogP contribution in [-0.2, 0) is 0 Å². The van der Waals surface area contributed by atoms with Crippen molar-refractivity contribution in [3.63, 3.8) is 0 Å². The molecule has 1 nitrogen and oxygen atoms in total. The molecule has 0 aromatic carbocycles. The van der Waals surface area contributed by atoms with E-state index in [1.807, 2.05) is 20.9 Å². The van der Waals surface area contributed by atoms with E-state index in [1.54, 1.807) is 0 Å². The van der Waals surface area contributed by atoms with Crippen LogP contribution in [0.2, 0.25) is 5.31 Å². The lowest BCUT2D eigenvalue weighted by Gasteiger charge is -2.32. The molecule has 2 heteroatoms. The number of nitrogens with one attached hydrogen (secondary N) is 1. The summed E-state index contributed by atoms with van der Waals surface area (Å²) in [5.74, 6) is 0. The van der Waals surface area contributed by atoms with Gasteiger partial charge in [0.1, 0.15) is 0 Å². The molecule has 1 N–H and O–H groups in total. The summed E-state index contributed by atoms with van der Waals surface area (Å²) in [4.78, 5) is 0. The Labute approximate surface area is 66.0 Å². The van der Waals surface area contributed by atoms with Crippen LogP contribution in [0.25, 0.3) is 0 Å². The fourth-order valence-corrected chi connectivity index (χ4v) is 1.23. The second kappa shape index (κ2) is 2.95. The lowest BCUT2D eigenvalue weighted by atomic mass is 9.66. The van der Waals surface area contributed by atoms with E-state index in [1.165, 1.54) is 0 Å². The fraction of sp³-hybridized carbons (Fsp3) is 1.00. The molecule has 0 amide bonds. The fourth-order valence-electron chi connectivity index (χ4n) is 1.23. The normalized spacial score (nSPS) is 13.7. The second-order valence-corrected chi connectivity index (χ2v) is 4.30. The second-order valence-electron chi connectivity index (χ2n) is 4.30. The third-order valence-electron chi connectivity index (χ3n) is 1.57. The van der Waals surface area contributed by atoms with Gasteiger partial charge in [-0.15, -0.1) is 0 Å². The predicted molar refractivity (Wildman–Crippen MR) is 47.6 cm³/mol. The first-order valence-electron chi connectivity index (χ1n) is 3.75. The molecular weight excluding hydrogens is 121 g/mol. The molecule has 0 unspecified atom stereocenters. The van der Waals surface area contributed by atoms with Crippen LogP contribution in [-0.4, -0.2) is 20.4 Å². The average molecular weight is 139 g/mol.